The van der Waals surface area contributed by atoms with Crippen molar-refractivity contribution in [2.75, 3.05) is 24.5 Å². The van der Waals surface area contributed by atoms with Gasteiger partial charge in [-0.25, -0.2) is 0 Å². The van der Waals surface area contributed by atoms with Crippen molar-refractivity contribution in [1.29, 1.82) is 0 Å². The molecule has 0 bridgehead atoms. The quantitative estimate of drug-likeness (QED) is 0.833. The van der Waals surface area contributed by atoms with Crippen LogP contribution in [0.1, 0.15) is 51.6 Å². The summed E-state index contributed by atoms with van der Waals surface area (Å²) in [7, 11) is 0. The Hall–Kier alpha value is -0.540. The Morgan fingerprint density at radius 2 is 2.00 bits per heavy atom. The molecule has 20 heavy (non-hydrogen) atoms. The van der Waals surface area contributed by atoms with Gasteiger partial charge in [-0.2, -0.15) is 0 Å². The van der Waals surface area contributed by atoms with E-state index in [0.29, 0.717) is 6.04 Å². The Bertz CT molecular complexity index is 425. The maximum absolute atomic E-state index is 3.74. The third kappa shape index (κ3) is 3.76. The van der Waals surface area contributed by atoms with Crippen molar-refractivity contribution in [3.05, 3.63) is 28.2 Å². The molecule has 1 heterocycles. The van der Waals surface area contributed by atoms with Crippen LogP contribution in [0, 0.1) is 5.92 Å². The normalized spacial score (nSPS) is 18.3. The van der Waals surface area contributed by atoms with Crippen molar-refractivity contribution >= 4 is 21.6 Å². The molecule has 0 saturated carbocycles. The number of benzene rings is 1. The van der Waals surface area contributed by atoms with Crippen LogP contribution in [0.2, 0.25) is 0 Å². The third-order valence-corrected chi connectivity index (χ3v) is 5.20. The molecule has 0 amide bonds. The topological polar surface area (TPSA) is 15.3 Å². The average Bonchev–Trinajstić information content (AvgIpc) is 2.47. The van der Waals surface area contributed by atoms with E-state index >= 15 is 0 Å². The van der Waals surface area contributed by atoms with E-state index in [1.54, 1.807) is 0 Å². The second-order valence-corrected chi connectivity index (χ2v) is 6.68. The number of nitrogens with one attached hydrogen (secondary N) is 1. The minimum Gasteiger partial charge on any atom is -0.371 e. The summed E-state index contributed by atoms with van der Waals surface area (Å²) in [5.74, 6) is 0.933. The lowest BCUT2D eigenvalue weighted by Gasteiger charge is -2.33. The fraction of sp³-hybridized carbons (Fsp3) is 0.647. The van der Waals surface area contributed by atoms with Crippen LogP contribution < -0.4 is 10.2 Å². The average molecular weight is 339 g/mol. The van der Waals surface area contributed by atoms with Gasteiger partial charge in [-0.3, -0.25) is 0 Å². The van der Waals surface area contributed by atoms with Gasteiger partial charge in [0.15, 0.2) is 0 Å². The van der Waals surface area contributed by atoms with Crippen molar-refractivity contribution in [2.45, 2.75) is 46.1 Å². The highest BCUT2D eigenvalue weighted by Gasteiger charge is 2.19. The van der Waals surface area contributed by atoms with Gasteiger partial charge in [-0.15, -0.1) is 0 Å². The number of rotatable bonds is 5. The minimum absolute atomic E-state index is 0.397. The SMILES string of the molecule is CCNC(C)c1ccc(N2CCC(CC)CC2)cc1Br. The monoisotopic (exact) mass is 338 g/mol. The lowest BCUT2D eigenvalue weighted by atomic mass is 9.94. The van der Waals surface area contributed by atoms with Crippen LogP contribution in [0.15, 0.2) is 22.7 Å². The van der Waals surface area contributed by atoms with E-state index in [2.05, 4.69) is 65.1 Å². The number of nitrogens with zero attached hydrogens (tertiary/aromatic N) is 1. The zero-order chi connectivity index (χ0) is 14.5. The van der Waals surface area contributed by atoms with E-state index in [0.717, 1.165) is 12.5 Å². The van der Waals surface area contributed by atoms with Gasteiger partial charge in [0.1, 0.15) is 0 Å². The van der Waals surface area contributed by atoms with Crippen LogP contribution in [-0.4, -0.2) is 19.6 Å². The van der Waals surface area contributed by atoms with E-state index in [1.165, 1.54) is 48.1 Å². The summed E-state index contributed by atoms with van der Waals surface area (Å²) in [6, 6.07) is 7.23. The van der Waals surface area contributed by atoms with Crippen LogP contribution in [0.25, 0.3) is 0 Å². The van der Waals surface area contributed by atoms with Crippen LogP contribution in [0.5, 0.6) is 0 Å². The van der Waals surface area contributed by atoms with Crippen LogP contribution in [0.4, 0.5) is 5.69 Å². The molecule has 0 spiro atoms. The first-order chi connectivity index (χ1) is 9.65. The van der Waals surface area contributed by atoms with E-state index < -0.39 is 0 Å². The molecule has 3 heteroatoms. The van der Waals surface area contributed by atoms with Crippen molar-refractivity contribution in [2.24, 2.45) is 5.92 Å². The predicted molar refractivity (Wildman–Crippen MR) is 91.5 cm³/mol. The lowest BCUT2D eigenvalue weighted by molar-refractivity contribution is 0.395. The zero-order valence-electron chi connectivity index (χ0n) is 13.0. The molecule has 1 N–H and O–H groups in total. The first-order valence-electron chi connectivity index (χ1n) is 7.93. The first kappa shape index (κ1) is 15.8. The van der Waals surface area contributed by atoms with Crippen LogP contribution in [0.3, 0.4) is 0 Å². The van der Waals surface area contributed by atoms with Gasteiger partial charge in [0.2, 0.25) is 0 Å². The van der Waals surface area contributed by atoms with Crippen molar-refractivity contribution < 1.29 is 0 Å². The summed E-state index contributed by atoms with van der Waals surface area (Å²) in [4.78, 5) is 2.53. The van der Waals surface area contributed by atoms with Crippen LogP contribution >= 0.6 is 15.9 Å². The van der Waals surface area contributed by atoms with Gasteiger partial charge in [-0.05, 0) is 49.9 Å². The molecule has 1 aromatic carbocycles. The Morgan fingerprint density at radius 3 is 2.55 bits per heavy atom. The molecule has 1 aliphatic heterocycles. The minimum atomic E-state index is 0.397. The summed E-state index contributed by atoms with van der Waals surface area (Å²) in [5.41, 5.74) is 2.71. The van der Waals surface area contributed by atoms with Crippen LogP contribution in [-0.2, 0) is 0 Å². The fourth-order valence-corrected chi connectivity index (χ4v) is 3.79. The van der Waals surface area contributed by atoms with E-state index in [9.17, 15) is 0 Å². The molecule has 1 aromatic rings. The summed E-state index contributed by atoms with van der Waals surface area (Å²) >= 11 is 3.74. The zero-order valence-corrected chi connectivity index (χ0v) is 14.5. The number of anilines is 1. The van der Waals surface area contributed by atoms with Gasteiger partial charge in [0, 0.05) is 29.3 Å². The van der Waals surface area contributed by atoms with Gasteiger partial charge in [0.05, 0.1) is 0 Å². The van der Waals surface area contributed by atoms with Crippen molar-refractivity contribution in [3.63, 3.8) is 0 Å². The number of hydrogen-bond acceptors (Lipinski definition) is 2. The number of hydrogen-bond donors (Lipinski definition) is 1. The highest BCUT2D eigenvalue weighted by molar-refractivity contribution is 9.10. The van der Waals surface area contributed by atoms with E-state index in [-0.39, 0.29) is 0 Å². The summed E-state index contributed by atoms with van der Waals surface area (Å²) in [5, 5.41) is 3.47. The lowest BCUT2D eigenvalue weighted by Crippen LogP contribution is -2.33. The van der Waals surface area contributed by atoms with E-state index in [1.807, 2.05) is 0 Å². The Balaban J connectivity index is 2.05. The summed E-state index contributed by atoms with van der Waals surface area (Å²) in [6.07, 6.45) is 4.00. The predicted octanol–water partition coefficient (Wildman–Crippen LogP) is 4.75. The molecule has 0 aromatic heterocycles. The Kier molecular flexibility index (Phi) is 5.91. The standard InChI is InChI=1S/C17H27BrN2/c1-4-14-8-10-20(11-9-14)15-6-7-16(17(18)12-15)13(3)19-5-2/h6-7,12-14,19H,4-5,8-11H2,1-3H3. The van der Waals surface area contributed by atoms with Gasteiger partial charge in [-0.1, -0.05) is 42.3 Å². The molecule has 0 aliphatic carbocycles. The first-order valence-corrected chi connectivity index (χ1v) is 8.72. The largest absolute Gasteiger partial charge is 0.371 e. The van der Waals surface area contributed by atoms with E-state index in [4.69, 9.17) is 0 Å². The summed E-state index contributed by atoms with van der Waals surface area (Å²) in [6.45, 7) is 10.1. The molecule has 1 fully saturated rings. The Morgan fingerprint density at radius 1 is 1.30 bits per heavy atom. The molecule has 1 saturated heterocycles. The molecule has 112 valence electrons. The molecule has 2 rings (SSSR count). The molecule has 2 nitrogen and oxygen atoms in total. The number of piperidine rings is 1. The smallest absolute Gasteiger partial charge is 0.0377 e. The molecular weight excluding hydrogens is 312 g/mol. The van der Waals surface area contributed by atoms with Crippen molar-refractivity contribution in [1.82, 2.24) is 5.32 Å². The second-order valence-electron chi connectivity index (χ2n) is 5.82. The molecule has 0 radical (unpaired) electrons. The Labute approximate surface area is 132 Å². The van der Waals surface area contributed by atoms with Crippen molar-refractivity contribution in [3.8, 4) is 0 Å². The highest BCUT2D eigenvalue weighted by atomic mass is 79.9. The van der Waals surface area contributed by atoms with Gasteiger partial charge < -0.3 is 10.2 Å². The molecular formula is C17H27BrN2. The van der Waals surface area contributed by atoms with Gasteiger partial charge in [0.25, 0.3) is 0 Å². The maximum atomic E-state index is 3.74. The second kappa shape index (κ2) is 7.46. The molecule has 1 aliphatic rings. The maximum Gasteiger partial charge on any atom is 0.0377 e. The highest BCUT2D eigenvalue weighted by Crippen LogP contribution is 2.31. The third-order valence-electron chi connectivity index (χ3n) is 4.52. The fourth-order valence-electron chi connectivity index (χ4n) is 3.08. The summed E-state index contributed by atoms with van der Waals surface area (Å²) < 4.78 is 1.22. The number of halogens is 1. The molecule has 1 atom stereocenters. The molecule has 1 unspecified atom stereocenters. The van der Waals surface area contributed by atoms with Gasteiger partial charge >= 0.3 is 0 Å².